The van der Waals surface area contributed by atoms with Crippen molar-refractivity contribution in [3.05, 3.63) is 42.5 Å². The molecule has 2 aliphatic rings. The molecular weight excluding hydrogens is 325 g/mol. The number of carbonyl (C=O) groups excluding carboxylic acids is 2. The maximum atomic E-state index is 14.3. The van der Waals surface area contributed by atoms with Crippen molar-refractivity contribution in [1.29, 1.82) is 0 Å². The van der Waals surface area contributed by atoms with Gasteiger partial charge < -0.3 is 15.1 Å². The number of fused-ring (bicyclic) bond motifs is 1. The van der Waals surface area contributed by atoms with Gasteiger partial charge in [0.1, 0.15) is 5.69 Å². The van der Waals surface area contributed by atoms with Gasteiger partial charge in [-0.1, -0.05) is 0 Å². The summed E-state index contributed by atoms with van der Waals surface area (Å²) in [7, 11) is 0. The Bertz CT molecular complexity index is 807. The number of halogens is 1. The van der Waals surface area contributed by atoms with Crippen LogP contribution in [-0.4, -0.2) is 57.2 Å². The zero-order valence-corrected chi connectivity index (χ0v) is 13.6. The average molecular weight is 343 g/mol. The normalized spacial score (nSPS) is 19.9. The summed E-state index contributed by atoms with van der Waals surface area (Å²) in [6, 6.07) is 6.04. The summed E-state index contributed by atoms with van der Waals surface area (Å²) in [4.78, 5) is 27.7. The van der Waals surface area contributed by atoms with Gasteiger partial charge in [-0.25, -0.2) is 13.9 Å². The molecule has 130 valence electrons. The summed E-state index contributed by atoms with van der Waals surface area (Å²) in [6.07, 6.45) is 4.57. The van der Waals surface area contributed by atoms with Crippen molar-refractivity contribution in [1.82, 2.24) is 19.6 Å². The van der Waals surface area contributed by atoms with Crippen LogP contribution in [0.3, 0.4) is 0 Å². The number of aromatic nitrogens is 2. The van der Waals surface area contributed by atoms with E-state index in [1.54, 1.807) is 35.5 Å². The Kier molecular flexibility index (Phi) is 3.87. The lowest BCUT2D eigenvalue weighted by atomic mass is 10.1. The predicted molar refractivity (Wildman–Crippen MR) is 88.8 cm³/mol. The number of carbonyl (C=O) groups is 2. The van der Waals surface area contributed by atoms with Crippen LogP contribution in [0, 0.1) is 5.82 Å². The van der Waals surface area contributed by atoms with Crippen molar-refractivity contribution >= 4 is 17.6 Å². The number of urea groups is 1. The Morgan fingerprint density at radius 1 is 1.32 bits per heavy atom. The van der Waals surface area contributed by atoms with E-state index in [1.807, 2.05) is 4.90 Å². The molecule has 4 rings (SSSR count). The van der Waals surface area contributed by atoms with Gasteiger partial charge in [0.25, 0.3) is 0 Å². The molecule has 1 aromatic heterocycles. The fourth-order valence-corrected chi connectivity index (χ4v) is 3.43. The predicted octanol–water partition coefficient (Wildman–Crippen LogP) is 1.85. The first-order valence-corrected chi connectivity index (χ1v) is 8.27. The van der Waals surface area contributed by atoms with Crippen molar-refractivity contribution in [2.75, 3.05) is 25.0 Å². The number of piperazine rings is 1. The first-order valence-electron chi connectivity index (χ1n) is 8.27. The van der Waals surface area contributed by atoms with Crippen LogP contribution in [0.15, 0.2) is 36.7 Å². The van der Waals surface area contributed by atoms with E-state index in [0.717, 1.165) is 6.42 Å². The van der Waals surface area contributed by atoms with Gasteiger partial charge in [0.05, 0.1) is 0 Å². The molecule has 2 aromatic rings. The number of amides is 3. The van der Waals surface area contributed by atoms with Crippen LogP contribution in [0.4, 0.5) is 14.9 Å². The Morgan fingerprint density at radius 2 is 2.20 bits per heavy atom. The summed E-state index contributed by atoms with van der Waals surface area (Å²) >= 11 is 0. The molecule has 0 aliphatic carbocycles. The highest BCUT2D eigenvalue weighted by Crippen LogP contribution is 2.24. The van der Waals surface area contributed by atoms with Crippen LogP contribution >= 0.6 is 0 Å². The van der Waals surface area contributed by atoms with Gasteiger partial charge >= 0.3 is 6.03 Å². The molecule has 0 saturated carbocycles. The molecular formula is C17H18FN5O2. The molecule has 3 heterocycles. The molecule has 25 heavy (non-hydrogen) atoms. The van der Waals surface area contributed by atoms with E-state index in [4.69, 9.17) is 0 Å². The van der Waals surface area contributed by atoms with E-state index in [1.165, 1.54) is 10.7 Å². The van der Waals surface area contributed by atoms with Gasteiger partial charge in [-0.3, -0.25) is 4.79 Å². The third kappa shape index (κ3) is 2.95. The van der Waals surface area contributed by atoms with Crippen LogP contribution in [0.2, 0.25) is 0 Å². The van der Waals surface area contributed by atoms with Gasteiger partial charge in [0, 0.05) is 50.2 Å². The second-order valence-electron chi connectivity index (χ2n) is 6.27. The lowest BCUT2D eigenvalue weighted by Gasteiger charge is -2.37. The number of hydrogen-bond acceptors (Lipinski definition) is 3. The van der Waals surface area contributed by atoms with Crippen molar-refractivity contribution < 1.29 is 14.0 Å². The second kappa shape index (κ2) is 6.19. The number of nitrogens with one attached hydrogen (secondary N) is 1. The molecule has 2 aliphatic heterocycles. The van der Waals surface area contributed by atoms with Crippen LogP contribution in [0.5, 0.6) is 0 Å². The Hall–Kier alpha value is -2.90. The number of nitrogens with zero attached hydrogens (tertiary/aromatic N) is 4. The Balaban J connectivity index is 1.43. The first kappa shape index (κ1) is 15.6. The maximum absolute atomic E-state index is 14.3. The minimum absolute atomic E-state index is 0.103. The van der Waals surface area contributed by atoms with Crippen LogP contribution in [-0.2, 0) is 4.79 Å². The quantitative estimate of drug-likeness (QED) is 0.905. The van der Waals surface area contributed by atoms with Crippen molar-refractivity contribution in [2.24, 2.45) is 0 Å². The molecule has 1 unspecified atom stereocenters. The molecule has 0 spiro atoms. The van der Waals surface area contributed by atoms with E-state index >= 15 is 0 Å². The van der Waals surface area contributed by atoms with Crippen molar-refractivity contribution in [3.8, 4) is 5.69 Å². The van der Waals surface area contributed by atoms with E-state index < -0.39 is 5.82 Å². The van der Waals surface area contributed by atoms with Gasteiger partial charge in [0.15, 0.2) is 5.82 Å². The molecule has 7 nitrogen and oxygen atoms in total. The van der Waals surface area contributed by atoms with Gasteiger partial charge in [0.2, 0.25) is 5.91 Å². The Morgan fingerprint density at radius 3 is 2.96 bits per heavy atom. The minimum atomic E-state index is -0.465. The molecule has 8 heteroatoms. The standard InChI is InChI=1S/C17H18FN5O2/c18-14-10-12(2-4-15(14)23-7-1-6-19-23)20-17(25)21-8-9-22-13(11-21)3-5-16(22)24/h1-2,4,6-7,10,13H,3,5,8-9,11H2,(H,20,25). The van der Waals surface area contributed by atoms with E-state index in [0.29, 0.717) is 37.4 Å². The minimum Gasteiger partial charge on any atom is -0.336 e. The van der Waals surface area contributed by atoms with E-state index in [-0.39, 0.29) is 18.0 Å². The van der Waals surface area contributed by atoms with Crippen LogP contribution in [0.25, 0.3) is 5.69 Å². The SMILES string of the molecule is O=C(Nc1ccc(-n2cccn2)c(F)c1)N1CCN2C(=O)CCC2C1. The number of anilines is 1. The molecule has 1 aromatic carbocycles. The average Bonchev–Trinajstić information content (AvgIpc) is 3.25. The topological polar surface area (TPSA) is 70.5 Å². The zero-order valence-electron chi connectivity index (χ0n) is 13.6. The largest absolute Gasteiger partial charge is 0.336 e. The smallest absolute Gasteiger partial charge is 0.321 e. The number of rotatable bonds is 2. The first-order chi connectivity index (χ1) is 12.1. The highest BCUT2D eigenvalue weighted by molar-refractivity contribution is 5.90. The van der Waals surface area contributed by atoms with Gasteiger partial charge in [-0.05, 0) is 30.7 Å². The number of hydrogen-bond donors (Lipinski definition) is 1. The van der Waals surface area contributed by atoms with Crippen LogP contribution in [0.1, 0.15) is 12.8 Å². The molecule has 1 N–H and O–H groups in total. The van der Waals surface area contributed by atoms with E-state index in [2.05, 4.69) is 10.4 Å². The Labute approximate surface area is 144 Å². The molecule has 0 bridgehead atoms. The monoisotopic (exact) mass is 343 g/mol. The lowest BCUT2D eigenvalue weighted by molar-refractivity contribution is -0.130. The molecule has 1 atom stereocenters. The highest BCUT2D eigenvalue weighted by Gasteiger charge is 2.36. The molecule has 0 radical (unpaired) electrons. The summed E-state index contributed by atoms with van der Waals surface area (Å²) in [6.45, 7) is 1.57. The second-order valence-corrected chi connectivity index (χ2v) is 6.27. The highest BCUT2D eigenvalue weighted by atomic mass is 19.1. The molecule has 2 fully saturated rings. The van der Waals surface area contributed by atoms with Crippen molar-refractivity contribution in [2.45, 2.75) is 18.9 Å². The van der Waals surface area contributed by atoms with Gasteiger partial charge in [-0.2, -0.15) is 5.10 Å². The van der Waals surface area contributed by atoms with E-state index in [9.17, 15) is 14.0 Å². The third-order valence-electron chi connectivity index (χ3n) is 4.73. The molecule has 2 saturated heterocycles. The van der Waals surface area contributed by atoms with Crippen LogP contribution < -0.4 is 5.32 Å². The summed E-state index contributed by atoms with van der Waals surface area (Å²) < 4.78 is 15.7. The lowest BCUT2D eigenvalue weighted by Crippen LogP contribution is -2.54. The van der Waals surface area contributed by atoms with Gasteiger partial charge in [-0.15, -0.1) is 0 Å². The number of benzene rings is 1. The maximum Gasteiger partial charge on any atom is 0.321 e. The zero-order chi connectivity index (χ0) is 17.4. The summed E-state index contributed by atoms with van der Waals surface area (Å²) in [5.41, 5.74) is 0.712. The summed E-state index contributed by atoms with van der Waals surface area (Å²) in [5, 5.41) is 6.73. The summed E-state index contributed by atoms with van der Waals surface area (Å²) in [5.74, 6) is -0.297. The fourth-order valence-electron chi connectivity index (χ4n) is 3.43. The molecule has 3 amide bonds. The fraction of sp³-hybridized carbons (Fsp3) is 0.353. The van der Waals surface area contributed by atoms with Crippen molar-refractivity contribution in [3.63, 3.8) is 0 Å². The third-order valence-corrected chi connectivity index (χ3v) is 4.73.